The van der Waals surface area contributed by atoms with E-state index in [0.29, 0.717) is 12.6 Å². The number of anilines is 3. The van der Waals surface area contributed by atoms with E-state index >= 15 is 0 Å². The van der Waals surface area contributed by atoms with Crippen molar-refractivity contribution in [3.05, 3.63) is 53.8 Å². The molecule has 2 atom stereocenters. The van der Waals surface area contributed by atoms with E-state index in [1.165, 1.54) is 18.2 Å². The Balaban J connectivity index is 0.00000181. The summed E-state index contributed by atoms with van der Waals surface area (Å²) in [6, 6.07) is 7.06. The van der Waals surface area contributed by atoms with Crippen LogP contribution in [0.1, 0.15) is 13.8 Å². The zero-order valence-corrected chi connectivity index (χ0v) is 19.9. The van der Waals surface area contributed by atoms with E-state index in [1.54, 1.807) is 0 Å². The fourth-order valence-electron chi connectivity index (χ4n) is 4.24. The maximum Gasteiger partial charge on any atom is 0.331 e. The molecule has 0 aromatic heterocycles. The first-order valence-corrected chi connectivity index (χ1v) is 11.1. The van der Waals surface area contributed by atoms with E-state index in [-0.39, 0.29) is 60.5 Å². The second-order valence-corrected chi connectivity index (χ2v) is 9.48. The molecule has 0 amide bonds. The Morgan fingerprint density at radius 1 is 0.938 bits per heavy atom. The molecule has 6 nitrogen and oxygen atoms in total. The fraction of sp³-hybridized carbons (Fsp3) is 0.400. The fourth-order valence-corrected chi connectivity index (χ4v) is 5.95. The van der Waals surface area contributed by atoms with Gasteiger partial charge in [0.25, 0.3) is 0 Å². The summed E-state index contributed by atoms with van der Waals surface area (Å²) in [5.41, 5.74) is -0.477. The highest BCUT2D eigenvalue weighted by molar-refractivity contribution is 7.95. The molecule has 1 N–H and O–H groups in total. The number of para-hydroxylation sites is 1. The number of fused-ring (bicyclic) bond motifs is 1. The van der Waals surface area contributed by atoms with E-state index in [9.17, 15) is 21.6 Å². The van der Waals surface area contributed by atoms with Gasteiger partial charge in [0.15, 0.2) is 5.82 Å². The molecule has 2 aliphatic rings. The highest BCUT2D eigenvalue weighted by atomic mass is 35.5. The molecule has 0 radical (unpaired) electrons. The van der Waals surface area contributed by atoms with Crippen molar-refractivity contribution >= 4 is 52.1 Å². The van der Waals surface area contributed by atoms with Gasteiger partial charge in [-0.2, -0.15) is 8.42 Å². The molecule has 4 rings (SSSR count). The minimum absolute atomic E-state index is 0. The monoisotopic (exact) mass is 512 g/mol. The molecule has 32 heavy (non-hydrogen) atoms. The van der Waals surface area contributed by atoms with Gasteiger partial charge in [0.1, 0.15) is 17.3 Å². The van der Waals surface area contributed by atoms with Crippen LogP contribution < -0.4 is 13.9 Å². The lowest BCUT2D eigenvalue weighted by Gasteiger charge is -2.36. The van der Waals surface area contributed by atoms with Crippen LogP contribution in [0.25, 0.3) is 0 Å². The quantitative estimate of drug-likeness (QED) is 0.676. The van der Waals surface area contributed by atoms with Crippen molar-refractivity contribution < 1.29 is 21.6 Å². The molecule has 2 aromatic rings. The van der Waals surface area contributed by atoms with Crippen LogP contribution in [-0.2, 0) is 10.2 Å². The van der Waals surface area contributed by atoms with Gasteiger partial charge in [-0.1, -0.05) is 6.07 Å². The highest BCUT2D eigenvalue weighted by Gasteiger charge is 2.44. The number of rotatable bonds is 4. The summed E-state index contributed by atoms with van der Waals surface area (Å²) in [5.74, 6) is -2.59. The van der Waals surface area contributed by atoms with Crippen LogP contribution in [0.5, 0.6) is 0 Å². The minimum Gasteiger partial charge on any atom is -0.309 e. The molecule has 2 aliphatic heterocycles. The van der Waals surface area contributed by atoms with Crippen molar-refractivity contribution in [2.24, 2.45) is 0 Å². The highest BCUT2D eigenvalue weighted by Crippen LogP contribution is 2.47. The average molecular weight is 513 g/mol. The minimum atomic E-state index is -4.30. The molecule has 2 aromatic carbocycles. The Hall–Kier alpha value is -1.72. The molecule has 0 unspecified atom stereocenters. The molecule has 12 heteroatoms. The Morgan fingerprint density at radius 2 is 1.59 bits per heavy atom. The largest absolute Gasteiger partial charge is 0.331 e. The van der Waals surface area contributed by atoms with Gasteiger partial charge < -0.3 is 5.32 Å². The third kappa shape index (κ3) is 4.79. The second kappa shape index (κ2) is 10.0. The summed E-state index contributed by atoms with van der Waals surface area (Å²) in [6.07, 6.45) is 0. The molecule has 0 bridgehead atoms. The summed E-state index contributed by atoms with van der Waals surface area (Å²) >= 11 is 0. The van der Waals surface area contributed by atoms with Crippen molar-refractivity contribution in [2.45, 2.75) is 25.9 Å². The molecular formula is C20H25Cl2F3N4O2S. The predicted molar refractivity (Wildman–Crippen MR) is 124 cm³/mol. The normalized spacial score (nSPS) is 22.2. The van der Waals surface area contributed by atoms with Crippen LogP contribution in [0, 0.1) is 17.5 Å². The number of benzene rings is 2. The Bertz CT molecular complexity index is 1070. The molecule has 0 saturated carbocycles. The van der Waals surface area contributed by atoms with Crippen LogP contribution in [0.3, 0.4) is 0 Å². The molecular weight excluding hydrogens is 488 g/mol. The average Bonchev–Trinajstić information content (AvgIpc) is 2.87. The maximum absolute atomic E-state index is 14.7. The van der Waals surface area contributed by atoms with Gasteiger partial charge in [-0.3, -0.25) is 4.90 Å². The van der Waals surface area contributed by atoms with Crippen molar-refractivity contribution in [2.75, 3.05) is 34.8 Å². The van der Waals surface area contributed by atoms with E-state index in [4.69, 9.17) is 0 Å². The third-order valence-electron chi connectivity index (χ3n) is 5.32. The smallest absolute Gasteiger partial charge is 0.309 e. The van der Waals surface area contributed by atoms with Crippen LogP contribution >= 0.6 is 24.8 Å². The molecule has 0 spiro atoms. The zero-order valence-electron chi connectivity index (χ0n) is 17.5. The lowest BCUT2D eigenvalue weighted by atomic mass is 10.1. The van der Waals surface area contributed by atoms with Crippen LogP contribution in [0.4, 0.5) is 30.2 Å². The van der Waals surface area contributed by atoms with Crippen molar-refractivity contribution in [3.8, 4) is 0 Å². The van der Waals surface area contributed by atoms with E-state index in [2.05, 4.69) is 10.2 Å². The van der Waals surface area contributed by atoms with Gasteiger partial charge in [0.05, 0.1) is 11.4 Å². The first-order chi connectivity index (χ1) is 14.2. The van der Waals surface area contributed by atoms with Crippen molar-refractivity contribution in [1.82, 2.24) is 10.2 Å². The zero-order chi connectivity index (χ0) is 21.6. The lowest BCUT2D eigenvalue weighted by molar-refractivity contribution is 0.178. The number of piperazine rings is 1. The number of hydrogen-bond acceptors (Lipinski definition) is 4. The van der Waals surface area contributed by atoms with Gasteiger partial charge in [0, 0.05) is 44.3 Å². The second-order valence-electron chi connectivity index (χ2n) is 7.78. The number of halogens is 5. The van der Waals surface area contributed by atoms with E-state index in [1.807, 2.05) is 13.8 Å². The standard InChI is InChI=1S/C20H23F3N4O2S.2ClH/c1-13-11-25(12-14(2)24-13)8-9-26-20-16(22)4-3-5-19(20)27(30(26,28)29)18-7-6-15(21)10-17(18)23;;/h3-7,10,13-14,24H,8-9,11-12H2,1-2H3;2*1H/t13-,14+;;. The van der Waals surface area contributed by atoms with Gasteiger partial charge in [-0.05, 0) is 38.1 Å². The number of nitrogens with zero attached hydrogens (tertiary/aromatic N) is 3. The first-order valence-electron chi connectivity index (χ1n) is 9.73. The molecule has 2 heterocycles. The van der Waals surface area contributed by atoms with E-state index < -0.39 is 27.7 Å². The lowest BCUT2D eigenvalue weighted by Crippen LogP contribution is -2.55. The van der Waals surface area contributed by atoms with Crippen LogP contribution in [-0.4, -0.2) is 51.6 Å². The Morgan fingerprint density at radius 3 is 2.22 bits per heavy atom. The molecule has 1 saturated heterocycles. The van der Waals surface area contributed by atoms with Gasteiger partial charge in [-0.15, -0.1) is 24.8 Å². The summed E-state index contributed by atoms with van der Waals surface area (Å²) in [5, 5.41) is 3.40. The van der Waals surface area contributed by atoms with Gasteiger partial charge in [-0.25, -0.2) is 21.8 Å². The maximum atomic E-state index is 14.7. The first kappa shape index (κ1) is 26.5. The van der Waals surface area contributed by atoms with Crippen LogP contribution in [0.2, 0.25) is 0 Å². The van der Waals surface area contributed by atoms with Crippen molar-refractivity contribution in [1.29, 1.82) is 0 Å². The number of hydrogen-bond donors (Lipinski definition) is 1. The van der Waals surface area contributed by atoms with E-state index in [0.717, 1.165) is 33.8 Å². The summed E-state index contributed by atoms with van der Waals surface area (Å²) < 4.78 is 70.9. The summed E-state index contributed by atoms with van der Waals surface area (Å²) in [6.45, 7) is 5.96. The Labute approximate surface area is 198 Å². The summed E-state index contributed by atoms with van der Waals surface area (Å²) in [4.78, 5) is 2.11. The van der Waals surface area contributed by atoms with Crippen LogP contribution in [0.15, 0.2) is 36.4 Å². The molecule has 1 fully saturated rings. The Kier molecular flexibility index (Phi) is 8.33. The number of nitrogens with one attached hydrogen (secondary N) is 1. The van der Waals surface area contributed by atoms with Crippen molar-refractivity contribution in [3.63, 3.8) is 0 Å². The summed E-state index contributed by atoms with van der Waals surface area (Å²) in [7, 11) is -4.30. The predicted octanol–water partition coefficient (Wildman–Crippen LogP) is 3.83. The van der Waals surface area contributed by atoms with Gasteiger partial charge in [0.2, 0.25) is 0 Å². The molecule has 178 valence electrons. The third-order valence-corrected chi connectivity index (χ3v) is 7.10. The van der Waals surface area contributed by atoms with Gasteiger partial charge >= 0.3 is 10.2 Å². The SMILES string of the molecule is C[C@@H]1CN(CCN2c3c(F)cccc3N(c3ccc(F)cc3F)S2(=O)=O)C[C@H](C)N1.Cl.Cl. The molecule has 0 aliphatic carbocycles. The topological polar surface area (TPSA) is 55.9 Å².